The summed E-state index contributed by atoms with van der Waals surface area (Å²) in [6.07, 6.45) is 1.56. The van der Waals surface area contributed by atoms with Crippen molar-refractivity contribution in [2.24, 2.45) is 0 Å². The third-order valence-electron chi connectivity index (χ3n) is 5.33. The third-order valence-corrected chi connectivity index (χ3v) is 6.47. The highest BCUT2D eigenvalue weighted by molar-refractivity contribution is 7.92. The van der Waals surface area contributed by atoms with Crippen molar-refractivity contribution in [3.05, 3.63) is 54.1 Å². The first-order chi connectivity index (χ1) is 15.7. The molecule has 0 spiro atoms. The second-order valence-corrected chi connectivity index (χ2v) is 9.61. The molecule has 10 heteroatoms. The van der Waals surface area contributed by atoms with Crippen LogP contribution in [0.15, 0.2) is 48.5 Å². The van der Waals surface area contributed by atoms with E-state index in [1.165, 1.54) is 11.0 Å². The van der Waals surface area contributed by atoms with Crippen LogP contribution in [0.4, 0.5) is 5.69 Å². The average molecular weight is 476 g/mol. The number of fused-ring (bicyclic) bond motifs is 1. The van der Waals surface area contributed by atoms with Crippen molar-refractivity contribution in [1.82, 2.24) is 10.2 Å². The molecule has 1 aliphatic heterocycles. The van der Waals surface area contributed by atoms with Crippen molar-refractivity contribution in [2.45, 2.75) is 26.3 Å². The number of carbonyl (C=O) groups excluding carboxylic acids is 2. The van der Waals surface area contributed by atoms with Crippen LogP contribution >= 0.6 is 0 Å². The summed E-state index contributed by atoms with van der Waals surface area (Å²) in [5.74, 6) is 0.138. The van der Waals surface area contributed by atoms with E-state index in [-0.39, 0.29) is 24.9 Å². The molecular weight excluding hydrogens is 446 g/mol. The minimum absolute atomic E-state index is 0.0495. The lowest BCUT2D eigenvalue weighted by atomic mass is 10.1. The van der Waals surface area contributed by atoms with Gasteiger partial charge in [0.1, 0.15) is 12.6 Å². The predicted octanol–water partition coefficient (Wildman–Crippen LogP) is 1.78. The Hall–Kier alpha value is -3.27. The molecule has 1 heterocycles. The predicted molar refractivity (Wildman–Crippen MR) is 125 cm³/mol. The molecule has 178 valence electrons. The molecule has 1 N–H and O–H groups in total. The van der Waals surface area contributed by atoms with E-state index >= 15 is 0 Å². The average Bonchev–Trinajstić information content (AvgIpc) is 3.25. The van der Waals surface area contributed by atoms with Gasteiger partial charge < -0.3 is 19.7 Å². The van der Waals surface area contributed by atoms with Gasteiger partial charge in [-0.25, -0.2) is 8.42 Å². The molecule has 3 rings (SSSR count). The van der Waals surface area contributed by atoms with Gasteiger partial charge in [-0.05, 0) is 38.0 Å². The highest BCUT2D eigenvalue weighted by atomic mass is 32.2. The number of hydrogen-bond donors (Lipinski definition) is 1. The summed E-state index contributed by atoms with van der Waals surface area (Å²) in [4.78, 5) is 27.3. The molecule has 0 saturated carbocycles. The smallest absolute Gasteiger partial charge is 0.244 e. The van der Waals surface area contributed by atoms with Crippen LogP contribution in [-0.4, -0.2) is 63.9 Å². The maximum Gasteiger partial charge on any atom is 0.244 e. The SMILES string of the molecule is CCNC(=O)[C@H](C)N(CCc1ccccc1)C(=O)CN(c1ccc2c(c1)OCO2)S(C)(=O)=O. The van der Waals surface area contributed by atoms with Crippen molar-refractivity contribution < 1.29 is 27.5 Å². The first-order valence-corrected chi connectivity index (χ1v) is 12.5. The van der Waals surface area contributed by atoms with E-state index in [1.54, 1.807) is 26.0 Å². The Morgan fingerprint density at radius 1 is 1.09 bits per heavy atom. The molecule has 0 unspecified atom stereocenters. The second-order valence-electron chi connectivity index (χ2n) is 7.70. The fourth-order valence-electron chi connectivity index (χ4n) is 3.55. The van der Waals surface area contributed by atoms with E-state index < -0.39 is 28.5 Å². The number of hydrogen-bond acceptors (Lipinski definition) is 6. The summed E-state index contributed by atoms with van der Waals surface area (Å²) < 4.78 is 36.8. The van der Waals surface area contributed by atoms with E-state index in [2.05, 4.69) is 5.32 Å². The zero-order valence-corrected chi connectivity index (χ0v) is 19.8. The molecule has 0 bridgehead atoms. The van der Waals surface area contributed by atoms with Gasteiger partial charge in [0.25, 0.3) is 0 Å². The fourth-order valence-corrected chi connectivity index (χ4v) is 4.39. The molecule has 1 atom stereocenters. The van der Waals surface area contributed by atoms with Crippen LogP contribution in [0.2, 0.25) is 0 Å². The summed E-state index contributed by atoms with van der Waals surface area (Å²) in [5.41, 5.74) is 1.29. The molecule has 0 radical (unpaired) electrons. The van der Waals surface area contributed by atoms with Gasteiger partial charge in [0.05, 0.1) is 11.9 Å². The van der Waals surface area contributed by atoms with Crippen LogP contribution in [0.3, 0.4) is 0 Å². The Balaban J connectivity index is 1.84. The summed E-state index contributed by atoms with van der Waals surface area (Å²) in [7, 11) is -3.80. The lowest BCUT2D eigenvalue weighted by Crippen LogP contribution is -2.52. The topological polar surface area (TPSA) is 105 Å². The molecule has 0 saturated heterocycles. The van der Waals surface area contributed by atoms with E-state index in [4.69, 9.17) is 9.47 Å². The normalized spacial score (nSPS) is 13.3. The lowest BCUT2D eigenvalue weighted by Gasteiger charge is -2.31. The Kier molecular flexibility index (Phi) is 7.80. The molecule has 2 aromatic carbocycles. The number of nitrogens with zero attached hydrogens (tertiary/aromatic N) is 2. The van der Waals surface area contributed by atoms with Gasteiger partial charge in [-0.15, -0.1) is 0 Å². The molecule has 0 fully saturated rings. The summed E-state index contributed by atoms with van der Waals surface area (Å²) in [5, 5.41) is 2.73. The summed E-state index contributed by atoms with van der Waals surface area (Å²) in [6.45, 7) is 3.73. The van der Waals surface area contributed by atoms with E-state index in [1.807, 2.05) is 30.3 Å². The van der Waals surface area contributed by atoms with Gasteiger partial charge >= 0.3 is 0 Å². The van der Waals surface area contributed by atoms with Gasteiger partial charge in [-0.1, -0.05) is 30.3 Å². The molecule has 2 aromatic rings. The molecule has 1 aliphatic rings. The van der Waals surface area contributed by atoms with Crippen molar-refractivity contribution in [1.29, 1.82) is 0 Å². The number of anilines is 1. The zero-order chi connectivity index (χ0) is 24.0. The quantitative estimate of drug-likeness (QED) is 0.562. The van der Waals surface area contributed by atoms with Gasteiger partial charge in [0.2, 0.25) is 28.6 Å². The zero-order valence-electron chi connectivity index (χ0n) is 19.0. The molecular formula is C23H29N3O6S. The number of nitrogens with one attached hydrogen (secondary N) is 1. The maximum absolute atomic E-state index is 13.4. The largest absolute Gasteiger partial charge is 0.454 e. The summed E-state index contributed by atoms with van der Waals surface area (Å²) >= 11 is 0. The lowest BCUT2D eigenvalue weighted by molar-refractivity contribution is -0.138. The Morgan fingerprint density at radius 3 is 2.45 bits per heavy atom. The van der Waals surface area contributed by atoms with E-state index in [0.717, 1.165) is 16.1 Å². The van der Waals surface area contributed by atoms with E-state index in [9.17, 15) is 18.0 Å². The van der Waals surface area contributed by atoms with E-state index in [0.29, 0.717) is 24.5 Å². The fraction of sp³-hybridized carbons (Fsp3) is 0.391. The first-order valence-electron chi connectivity index (χ1n) is 10.7. The van der Waals surface area contributed by atoms with Crippen LogP contribution in [0, 0.1) is 0 Å². The summed E-state index contributed by atoms with van der Waals surface area (Å²) in [6, 6.07) is 13.5. The highest BCUT2D eigenvalue weighted by Gasteiger charge is 2.30. The van der Waals surface area contributed by atoms with Crippen LogP contribution in [0.5, 0.6) is 11.5 Å². The van der Waals surface area contributed by atoms with Crippen LogP contribution in [-0.2, 0) is 26.0 Å². The number of amides is 2. The molecule has 9 nitrogen and oxygen atoms in total. The number of carbonyl (C=O) groups is 2. The van der Waals surface area contributed by atoms with Gasteiger partial charge in [-0.3, -0.25) is 13.9 Å². The maximum atomic E-state index is 13.4. The number of likely N-dealkylation sites (N-methyl/N-ethyl adjacent to an activating group) is 1. The van der Waals surface area contributed by atoms with Crippen LogP contribution in [0.1, 0.15) is 19.4 Å². The molecule has 33 heavy (non-hydrogen) atoms. The van der Waals surface area contributed by atoms with Crippen molar-refractivity contribution in [3.63, 3.8) is 0 Å². The number of sulfonamides is 1. The molecule has 0 aromatic heterocycles. The number of rotatable bonds is 10. The second kappa shape index (κ2) is 10.6. The highest BCUT2D eigenvalue weighted by Crippen LogP contribution is 2.36. The minimum Gasteiger partial charge on any atom is -0.454 e. The van der Waals surface area contributed by atoms with Crippen LogP contribution < -0.4 is 19.1 Å². The van der Waals surface area contributed by atoms with Crippen LogP contribution in [0.25, 0.3) is 0 Å². The minimum atomic E-state index is -3.80. The third kappa shape index (κ3) is 6.16. The monoisotopic (exact) mass is 475 g/mol. The van der Waals surface area contributed by atoms with Gasteiger partial charge in [0.15, 0.2) is 11.5 Å². The number of ether oxygens (including phenoxy) is 2. The van der Waals surface area contributed by atoms with Gasteiger partial charge in [0, 0.05) is 19.2 Å². The Labute approximate surface area is 194 Å². The molecule has 0 aliphatic carbocycles. The molecule has 2 amide bonds. The standard InChI is InChI=1S/C23H29N3O6S/c1-4-24-23(28)17(2)25(13-12-18-8-6-5-7-9-18)22(27)15-26(33(3,29)30)19-10-11-20-21(14-19)32-16-31-20/h5-11,14,17H,4,12-13,15-16H2,1-3H3,(H,24,28)/t17-/m0/s1. The van der Waals surface area contributed by atoms with Gasteiger partial charge in [-0.2, -0.15) is 0 Å². The van der Waals surface area contributed by atoms with Crippen molar-refractivity contribution in [3.8, 4) is 11.5 Å². The van der Waals surface area contributed by atoms with Crippen molar-refractivity contribution in [2.75, 3.05) is 37.0 Å². The first kappa shape index (κ1) is 24.4. The Morgan fingerprint density at radius 2 is 1.79 bits per heavy atom. The van der Waals surface area contributed by atoms with Crippen molar-refractivity contribution >= 4 is 27.5 Å². The Bertz CT molecular complexity index is 1090. The number of benzene rings is 2.